The third-order valence-electron chi connectivity index (χ3n) is 5.52. The van der Waals surface area contributed by atoms with E-state index in [9.17, 15) is 18.0 Å². The predicted molar refractivity (Wildman–Crippen MR) is 132 cm³/mol. The largest absolute Gasteiger partial charge is 0.468 e. The second kappa shape index (κ2) is 11.4. The lowest BCUT2D eigenvalue weighted by Gasteiger charge is -2.37. The van der Waals surface area contributed by atoms with Crippen LogP contribution < -0.4 is 0 Å². The van der Waals surface area contributed by atoms with Gasteiger partial charge in [0.2, 0.25) is 8.87 Å². The maximum Gasteiger partial charge on any atom is 0.330 e. The molecule has 2 aromatic rings. The Morgan fingerprint density at radius 2 is 1.79 bits per heavy atom. The van der Waals surface area contributed by atoms with Gasteiger partial charge in [-0.3, -0.25) is 4.90 Å². The molecular weight excluding hydrogens is 498 g/mol. The predicted octanol–water partition coefficient (Wildman–Crippen LogP) is 4.16. The highest BCUT2D eigenvalue weighted by molar-refractivity contribution is 8.72. The summed E-state index contributed by atoms with van der Waals surface area (Å²) in [5, 5.41) is -0.0824. The summed E-state index contributed by atoms with van der Waals surface area (Å²) in [6.45, 7) is 2.44. The van der Waals surface area contributed by atoms with Gasteiger partial charge in [-0.05, 0) is 53.5 Å². The molecule has 1 fully saturated rings. The van der Waals surface area contributed by atoms with E-state index in [2.05, 4.69) is 0 Å². The first-order chi connectivity index (χ1) is 16.2. The Bertz CT molecular complexity index is 1180. The number of likely N-dealkylation sites (tertiary alicyclic amines) is 1. The molecule has 0 bridgehead atoms. The van der Waals surface area contributed by atoms with Gasteiger partial charge in [-0.2, -0.15) is 0 Å². The Kier molecular flexibility index (Phi) is 8.81. The SMILES string of the molecule is COC(=O)/C=C1/CN(C(C(=O)OC)c2ccccc2Cl)CCC1SS(=O)(=O)c1ccc(C)cc1. The zero-order chi connectivity index (χ0) is 24.9. The van der Waals surface area contributed by atoms with Crippen molar-refractivity contribution < 1.29 is 27.5 Å². The van der Waals surface area contributed by atoms with Crippen LogP contribution in [0.4, 0.5) is 0 Å². The van der Waals surface area contributed by atoms with Gasteiger partial charge >= 0.3 is 11.9 Å². The average Bonchev–Trinajstić information content (AvgIpc) is 2.81. The van der Waals surface area contributed by atoms with Crippen molar-refractivity contribution >= 4 is 43.2 Å². The Hall–Kier alpha value is -2.33. The molecule has 10 heteroatoms. The van der Waals surface area contributed by atoms with Gasteiger partial charge in [-0.25, -0.2) is 18.0 Å². The van der Waals surface area contributed by atoms with Crippen LogP contribution in [0.1, 0.15) is 23.6 Å². The van der Waals surface area contributed by atoms with Crippen molar-refractivity contribution in [3.63, 3.8) is 0 Å². The minimum atomic E-state index is -3.68. The summed E-state index contributed by atoms with van der Waals surface area (Å²) in [6.07, 6.45) is 1.69. The maximum atomic E-state index is 13.1. The fourth-order valence-corrected chi connectivity index (χ4v) is 7.59. The molecule has 0 aromatic heterocycles. The maximum absolute atomic E-state index is 13.1. The van der Waals surface area contributed by atoms with E-state index >= 15 is 0 Å². The Morgan fingerprint density at radius 1 is 1.12 bits per heavy atom. The van der Waals surface area contributed by atoms with Gasteiger partial charge in [0, 0.05) is 29.4 Å². The fourth-order valence-electron chi connectivity index (χ4n) is 3.76. The third-order valence-corrected chi connectivity index (χ3v) is 9.78. The van der Waals surface area contributed by atoms with Crippen LogP contribution in [-0.4, -0.2) is 57.8 Å². The van der Waals surface area contributed by atoms with Crippen molar-refractivity contribution in [2.24, 2.45) is 0 Å². The second-order valence-electron chi connectivity index (χ2n) is 7.80. The number of hydrogen-bond acceptors (Lipinski definition) is 8. The van der Waals surface area contributed by atoms with Crippen molar-refractivity contribution in [2.45, 2.75) is 29.5 Å². The number of esters is 2. The minimum absolute atomic E-state index is 0.168. The molecule has 2 aromatic carbocycles. The molecule has 0 spiro atoms. The number of rotatable bonds is 7. The average molecular weight is 524 g/mol. The topological polar surface area (TPSA) is 90.0 Å². The summed E-state index contributed by atoms with van der Waals surface area (Å²) < 4.78 is 36.0. The molecule has 0 saturated carbocycles. The van der Waals surface area contributed by atoms with Gasteiger partial charge in [0.25, 0.3) is 0 Å². The molecular formula is C24H26ClNO6S2. The highest BCUT2D eigenvalue weighted by atomic mass is 35.5. The van der Waals surface area contributed by atoms with E-state index in [1.165, 1.54) is 20.3 Å². The van der Waals surface area contributed by atoms with E-state index in [0.717, 1.165) is 16.4 Å². The molecule has 1 aliphatic heterocycles. The highest BCUT2D eigenvalue weighted by Gasteiger charge is 2.37. The first kappa shape index (κ1) is 26.3. The van der Waals surface area contributed by atoms with Gasteiger partial charge in [0.1, 0.15) is 6.04 Å². The van der Waals surface area contributed by atoms with Crippen LogP contribution >= 0.6 is 22.4 Å². The minimum Gasteiger partial charge on any atom is -0.468 e. The zero-order valence-electron chi connectivity index (χ0n) is 19.1. The van der Waals surface area contributed by atoms with Crippen molar-refractivity contribution in [3.05, 3.63) is 76.3 Å². The molecule has 34 heavy (non-hydrogen) atoms. The lowest BCUT2D eigenvalue weighted by atomic mass is 9.98. The second-order valence-corrected chi connectivity index (χ2v) is 12.2. The lowest BCUT2D eigenvalue weighted by molar-refractivity contribution is -0.147. The van der Waals surface area contributed by atoms with E-state index in [-0.39, 0.29) is 11.4 Å². The number of piperidine rings is 1. The van der Waals surface area contributed by atoms with Gasteiger partial charge in [-0.15, -0.1) is 0 Å². The third kappa shape index (κ3) is 6.21. The van der Waals surface area contributed by atoms with Crippen LogP contribution in [-0.2, 0) is 27.9 Å². The number of aryl methyl sites for hydroxylation is 1. The molecule has 2 unspecified atom stereocenters. The Balaban J connectivity index is 1.92. The van der Waals surface area contributed by atoms with Crippen molar-refractivity contribution in [1.82, 2.24) is 4.90 Å². The van der Waals surface area contributed by atoms with Gasteiger partial charge in [0.05, 0.1) is 19.1 Å². The highest BCUT2D eigenvalue weighted by Crippen LogP contribution is 2.39. The van der Waals surface area contributed by atoms with E-state index in [4.69, 9.17) is 21.1 Å². The monoisotopic (exact) mass is 523 g/mol. The summed E-state index contributed by atoms with van der Waals surface area (Å²) in [5.41, 5.74) is 2.07. The number of carbonyl (C=O) groups is 2. The number of nitrogens with zero attached hydrogens (tertiary/aromatic N) is 1. The Morgan fingerprint density at radius 3 is 2.41 bits per heavy atom. The molecule has 1 aliphatic rings. The number of benzene rings is 2. The van der Waals surface area contributed by atoms with Crippen molar-refractivity contribution in [1.29, 1.82) is 0 Å². The van der Waals surface area contributed by atoms with Crippen LogP contribution in [0.15, 0.2) is 65.1 Å². The summed E-state index contributed by atoms with van der Waals surface area (Å²) in [5.74, 6) is -1.09. The summed E-state index contributed by atoms with van der Waals surface area (Å²) >= 11 is 6.37. The lowest BCUT2D eigenvalue weighted by Crippen LogP contribution is -2.43. The standard InChI is InChI=1S/C24H26ClNO6S2/c1-16-8-10-18(11-9-16)34(29,30)33-21-12-13-26(15-17(21)14-22(27)31-2)23(24(28)32-3)19-6-4-5-7-20(19)25/h4-11,14,21,23H,12-13,15H2,1-3H3/b17-14-. The molecule has 2 atom stereocenters. The van der Waals surface area contributed by atoms with Crippen LogP contribution in [0.5, 0.6) is 0 Å². The fraction of sp³-hybridized carbons (Fsp3) is 0.333. The van der Waals surface area contributed by atoms with E-state index in [1.807, 2.05) is 11.8 Å². The first-order valence-corrected chi connectivity index (χ1v) is 13.8. The molecule has 0 amide bonds. The molecule has 3 rings (SSSR count). The number of methoxy groups -OCH3 is 2. The normalized spacial score (nSPS) is 18.9. The number of halogens is 1. The summed E-state index contributed by atoms with van der Waals surface area (Å²) in [7, 11) is -0.325. The first-order valence-electron chi connectivity index (χ1n) is 10.5. The summed E-state index contributed by atoms with van der Waals surface area (Å²) in [6, 6.07) is 12.8. The summed E-state index contributed by atoms with van der Waals surface area (Å²) in [4.78, 5) is 26.9. The van der Waals surface area contributed by atoms with E-state index in [0.29, 0.717) is 29.1 Å². The van der Waals surface area contributed by atoms with Crippen LogP contribution in [0.2, 0.25) is 5.02 Å². The molecule has 0 aliphatic carbocycles. The van der Waals surface area contributed by atoms with Crippen LogP contribution in [0, 0.1) is 6.92 Å². The van der Waals surface area contributed by atoms with Crippen LogP contribution in [0.25, 0.3) is 0 Å². The molecule has 1 saturated heterocycles. The molecule has 182 valence electrons. The Labute approximate surface area is 208 Å². The quantitative estimate of drug-likeness (QED) is 0.303. The van der Waals surface area contributed by atoms with Gasteiger partial charge < -0.3 is 9.47 Å². The van der Waals surface area contributed by atoms with Gasteiger partial charge in [0.15, 0.2) is 0 Å². The van der Waals surface area contributed by atoms with E-state index in [1.54, 1.807) is 48.5 Å². The zero-order valence-corrected chi connectivity index (χ0v) is 21.5. The number of hydrogen-bond donors (Lipinski definition) is 0. The van der Waals surface area contributed by atoms with Gasteiger partial charge in [-0.1, -0.05) is 47.5 Å². The van der Waals surface area contributed by atoms with E-state index < -0.39 is 32.1 Å². The number of carbonyl (C=O) groups excluding carboxylic acids is 2. The molecule has 1 heterocycles. The smallest absolute Gasteiger partial charge is 0.330 e. The molecule has 0 radical (unpaired) electrons. The molecule has 7 nitrogen and oxygen atoms in total. The molecule has 0 N–H and O–H groups in total. The number of ether oxygens (including phenoxy) is 2. The van der Waals surface area contributed by atoms with Crippen LogP contribution in [0.3, 0.4) is 0 Å². The van der Waals surface area contributed by atoms with Crippen molar-refractivity contribution in [2.75, 3.05) is 27.3 Å². The van der Waals surface area contributed by atoms with Crippen molar-refractivity contribution in [3.8, 4) is 0 Å².